The van der Waals surface area contributed by atoms with E-state index in [0.29, 0.717) is 12.6 Å². The van der Waals surface area contributed by atoms with E-state index in [4.69, 9.17) is 11.2 Å². The molecule has 3 heteroatoms. The van der Waals surface area contributed by atoms with E-state index in [1.807, 2.05) is 12.1 Å². The van der Waals surface area contributed by atoms with Crippen molar-refractivity contribution in [1.29, 1.82) is 0 Å². The van der Waals surface area contributed by atoms with Gasteiger partial charge in [-0.2, -0.15) is 0 Å². The highest BCUT2D eigenvalue weighted by Crippen LogP contribution is 2.29. The van der Waals surface area contributed by atoms with Gasteiger partial charge in [0.2, 0.25) is 0 Å². The Kier molecular flexibility index (Phi) is 6.85. The fraction of sp³-hybridized carbons (Fsp3) is 0.467. The Bertz CT molecular complexity index is 409. The topological polar surface area (TPSA) is 21.3 Å². The molecule has 0 spiro atoms. The Balaban J connectivity index is 2.65. The summed E-state index contributed by atoms with van der Waals surface area (Å²) in [6, 6.07) is 6.56. The van der Waals surface area contributed by atoms with Crippen LogP contribution in [0, 0.1) is 12.3 Å². The highest BCUT2D eigenvalue weighted by molar-refractivity contribution is 9.10. The summed E-state index contributed by atoms with van der Waals surface area (Å²) in [6.07, 6.45) is 6.86. The third-order valence-electron chi connectivity index (χ3n) is 2.46. The van der Waals surface area contributed by atoms with Gasteiger partial charge in [-0.25, -0.2) is 0 Å². The summed E-state index contributed by atoms with van der Waals surface area (Å²) in [6.45, 7) is 5.72. The number of halogens is 1. The van der Waals surface area contributed by atoms with Crippen LogP contribution in [0.25, 0.3) is 0 Å². The van der Waals surface area contributed by atoms with Crippen LogP contribution in [0.5, 0.6) is 5.75 Å². The van der Waals surface area contributed by atoms with Crippen molar-refractivity contribution in [2.24, 2.45) is 0 Å². The number of hydrogen-bond donors (Lipinski definition) is 1. The van der Waals surface area contributed by atoms with Crippen LogP contribution in [-0.4, -0.2) is 12.6 Å². The van der Waals surface area contributed by atoms with Gasteiger partial charge >= 0.3 is 0 Å². The molecule has 0 heterocycles. The van der Waals surface area contributed by atoms with Gasteiger partial charge in [0.15, 0.2) is 0 Å². The maximum Gasteiger partial charge on any atom is 0.137 e. The number of ether oxygens (including phenoxy) is 1. The molecule has 1 rings (SSSR count). The van der Waals surface area contributed by atoms with Crippen molar-refractivity contribution in [2.45, 2.75) is 39.3 Å². The largest absolute Gasteiger partial charge is 0.492 e. The summed E-state index contributed by atoms with van der Waals surface area (Å²) < 4.78 is 6.81. The van der Waals surface area contributed by atoms with Crippen LogP contribution < -0.4 is 10.1 Å². The number of rotatable bonds is 7. The SMILES string of the molecule is C#CCCCOc1c(Br)cccc1CNC(C)C. The van der Waals surface area contributed by atoms with Crippen molar-refractivity contribution in [1.82, 2.24) is 5.32 Å². The Labute approximate surface area is 118 Å². The predicted molar refractivity (Wildman–Crippen MR) is 79.7 cm³/mol. The molecule has 2 nitrogen and oxygen atoms in total. The van der Waals surface area contributed by atoms with Crippen LogP contribution in [0.4, 0.5) is 0 Å². The molecule has 1 N–H and O–H groups in total. The smallest absolute Gasteiger partial charge is 0.137 e. The second-order valence-corrected chi connectivity index (χ2v) is 5.27. The standard InChI is InChI=1S/C15H20BrNO/c1-4-5-6-10-18-15-13(11-17-12(2)3)8-7-9-14(15)16/h1,7-9,12,17H,5-6,10-11H2,2-3H3. The van der Waals surface area contributed by atoms with E-state index in [-0.39, 0.29) is 0 Å². The van der Waals surface area contributed by atoms with Gasteiger partial charge < -0.3 is 10.1 Å². The molecular weight excluding hydrogens is 290 g/mol. The lowest BCUT2D eigenvalue weighted by molar-refractivity contribution is 0.306. The van der Waals surface area contributed by atoms with Crippen molar-refractivity contribution >= 4 is 15.9 Å². The second kappa shape index (κ2) is 8.18. The fourth-order valence-corrected chi connectivity index (χ4v) is 2.04. The van der Waals surface area contributed by atoms with Crippen molar-refractivity contribution < 1.29 is 4.74 Å². The molecule has 0 saturated heterocycles. The van der Waals surface area contributed by atoms with Gasteiger partial charge in [-0.1, -0.05) is 26.0 Å². The summed E-state index contributed by atoms with van der Waals surface area (Å²) in [5.74, 6) is 3.54. The molecule has 0 atom stereocenters. The van der Waals surface area contributed by atoms with Gasteiger partial charge in [0.25, 0.3) is 0 Å². The molecule has 18 heavy (non-hydrogen) atoms. The van der Waals surface area contributed by atoms with E-state index in [2.05, 4.69) is 47.1 Å². The van der Waals surface area contributed by atoms with Crippen LogP contribution in [0.1, 0.15) is 32.3 Å². The summed E-state index contributed by atoms with van der Waals surface area (Å²) in [5, 5.41) is 3.40. The quantitative estimate of drug-likeness (QED) is 0.612. The zero-order valence-electron chi connectivity index (χ0n) is 11.0. The summed E-state index contributed by atoms with van der Waals surface area (Å²) >= 11 is 3.53. The molecule has 0 aliphatic heterocycles. The van der Waals surface area contributed by atoms with Crippen LogP contribution in [0.15, 0.2) is 22.7 Å². The first-order chi connectivity index (χ1) is 8.65. The number of benzene rings is 1. The highest BCUT2D eigenvalue weighted by Gasteiger charge is 2.08. The second-order valence-electron chi connectivity index (χ2n) is 4.42. The maximum atomic E-state index is 5.82. The Morgan fingerprint density at radius 3 is 2.89 bits per heavy atom. The van der Waals surface area contributed by atoms with Crippen LogP contribution in [0.3, 0.4) is 0 Å². The van der Waals surface area contributed by atoms with Gasteiger partial charge in [0.1, 0.15) is 5.75 Å². The molecule has 98 valence electrons. The number of para-hydroxylation sites is 1. The first-order valence-electron chi connectivity index (χ1n) is 6.22. The van der Waals surface area contributed by atoms with E-state index in [9.17, 15) is 0 Å². The lowest BCUT2D eigenvalue weighted by Gasteiger charge is -2.15. The van der Waals surface area contributed by atoms with Gasteiger partial charge in [0, 0.05) is 24.6 Å². The lowest BCUT2D eigenvalue weighted by Crippen LogP contribution is -2.22. The molecule has 0 aliphatic rings. The number of nitrogens with one attached hydrogen (secondary N) is 1. The summed E-state index contributed by atoms with van der Waals surface area (Å²) in [4.78, 5) is 0. The Hall–Kier alpha value is -0.980. The van der Waals surface area contributed by atoms with Crippen LogP contribution in [0.2, 0.25) is 0 Å². The van der Waals surface area contributed by atoms with Crippen LogP contribution in [-0.2, 0) is 6.54 Å². The molecular formula is C15H20BrNO. The van der Waals surface area contributed by atoms with Gasteiger partial charge in [0.05, 0.1) is 11.1 Å². The Morgan fingerprint density at radius 1 is 1.44 bits per heavy atom. The zero-order valence-corrected chi connectivity index (χ0v) is 12.6. The predicted octanol–water partition coefficient (Wildman–Crippen LogP) is 3.74. The molecule has 0 aliphatic carbocycles. The highest BCUT2D eigenvalue weighted by atomic mass is 79.9. The monoisotopic (exact) mass is 309 g/mol. The zero-order chi connectivity index (χ0) is 13.4. The molecule has 0 aromatic heterocycles. The molecule has 1 aromatic carbocycles. The first-order valence-corrected chi connectivity index (χ1v) is 7.01. The minimum Gasteiger partial charge on any atom is -0.492 e. The van der Waals surface area contributed by atoms with Gasteiger partial charge in [-0.15, -0.1) is 12.3 Å². The Morgan fingerprint density at radius 2 is 2.22 bits per heavy atom. The number of terminal acetylenes is 1. The normalized spacial score (nSPS) is 10.4. The van der Waals surface area contributed by atoms with Gasteiger partial charge in [-0.3, -0.25) is 0 Å². The molecule has 0 radical (unpaired) electrons. The summed E-state index contributed by atoms with van der Waals surface area (Å²) in [5.41, 5.74) is 1.17. The third-order valence-corrected chi connectivity index (χ3v) is 3.09. The molecule has 0 saturated carbocycles. The lowest BCUT2D eigenvalue weighted by atomic mass is 10.2. The third kappa shape index (κ3) is 5.12. The summed E-state index contributed by atoms with van der Waals surface area (Å²) in [7, 11) is 0. The van der Waals surface area contributed by atoms with Crippen molar-refractivity contribution in [3.63, 3.8) is 0 Å². The molecule has 0 unspecified atom stereocenters. The maximum absolute atomic E-state index is 5.82. The van der Waals surface area contributed by atoms with Gasteiger partial charge in [-0.05, 0) is 28.4 Å². The number of hydrogen-bond acceptors (Lipinski definition) is 2. The molecule has 0 fully saturated rings. The molecule has 0 amide bonds. The van der Waals surface area contributed by atoms with E-state index < -0.39 is 0 Å². The minimum absolute atomic E-state index is 0.457. The van der Waals surface area contributed by atoms with Crippen molar-refractivity contribution in [3.05, 3.63) is 28.2 Å². The minimum atomic E-state index is 0.457. The van der Waals surface area contributed by atoms with Crippen molar-refractivity contribution in [3.8, 4) is 18.1 Å². The molecule has 0 bridgehead atoms. The van der Waals surface area contributed by atoms with E-state index in [0.717, 1.165) is 29.6 Å². The van der Waals surface area contributed by atoms with E-state index in [1.54, 1.807) is 0 Å². The average molecular weight is 310 g/mol. The van der Waals surface area contributed by atoms with Crippen molar-refractivity contribution in [2.75, 3.05) is 6.61 Å². The van der Waals surface area contributed by atoms with E-state index >= 15 is 0 Å². The average Bonchev–Trinajstić information content (AvgIpc) is 2.34. The number of unbranched alkanes of at least 4 members (excludes halogenated alkanes) is 1. The fourth-order valence-electron chi connectivity index (χ4n) is 1.52. The van der Waals surface area contributed by atoms with Crippen LogP contribution >= 0.6 is 15.9 Å². The first kappa shape index (κ1) is 15.1. The molecule has 1 aromatic rings. The van der Waals surface area contributed by atoms with E-state index in [1.165, 1.54) is 5.56 Å².